The van der Waals surface area contributed by atoms with E-state index in [2.05, 4.69) is 0 Å². The van der Waals surface area contributed by atoms with Gasteiger partial charge in [0.1, 0.15) is 0 Å². The molecule has 0 heterocycles. The van der Waals surface area contributed by atoms with Crippen LogP contribution < -0.4 is 0 Å². The van der Waals surface area contributed by atoms with Crippen LogP contribution in [0.1, 0.15) is 15.9 Å². The molecule has 1 aromatic carbocycles. The summed E-state index contributed by atoms with van der Waals surface area (Å²) >= 11 is 0. The molecule has 3 heteroatoms. The van der Waals surface area contributed by atoms with Crippen LogP contribution in [0.4, 0.5) is 0 Å². The molecule has 0 amide bonds. The Morgan fingerprint density at radius 1 is 1.18 bits per heavy atom. The second-order valence-electron chi connectivity index (χ2n) is 1.97. The fourth-order valence-corrected chi connectivity index (χ4v) is 0.674. The van der Waals surface area contributed by atoms with Gasteiger partial charge < -0.3 is 0 Å². The molecule has 0 saturated heterocycles. The van der Waals surface area contributed by atoms with Crippen molar-refractivity contribution in [3.8, 4) is 0 Å². The van der Waals surface area contributed by atoms with E-state index in [-0.39, 0.29) is 5.56 Å². The van der Waals surface area contributed by atoms with Crippen LogP contribution in [-0.4, -0.2) is 12.3 Å². The van der Waals surface area contributed by atoms with Gasteiger partial charge in [-0.25, -0.2) is 9.90 Å². The zero-order valence-corrected chi connectivity index (χ0v) is 5.53. The van der Waals surface area contributed by atoms with E-state index in [1.165, 1.54) is 24.3 Å². The smallest absolute Gasteiger partial charge is 0.285 e. The monoisotopic (exact) mass is 148 g/mol. The second kappa shape index (κ2) is 2.96. The van der Waals surface area contributed by atoms with E-state index in [0.29, 0.717) is 5.56 Å². The van der Waals surface area contributed by atoms with Gasteiger partial charge in [-0.2, -0.15) is 0 Å². The molecular weight excluding hydrogens is 144 g/mol. The first kappa shape index (κ1) is 7.47. The molecule has 0 atom stereocenters. The minimum Gasteiger partial charge on any atom is -0.285 e. The molecule has 0 saturated carbocycles. The standard InChI is InChI=1S/C8H4O3/c9-5-6-1-3-7(4-2-6)8(10)11/h1-4H. The highest BCUT2D eigenvalue weighted by Crippen LogP contribution is 2.01. The molecule has 3 nitrogen and oxygen atoms in total. The third kappa shape index (κ3) is 1.64. The number of carbonyl (C=O) groups is 1. The minimum atomic E-state index is -1.25. The maximum absolute atomic E-state index is 10.2. The number of hydrogen-bond donors (Lipinski definition) is 0. The van der Waals surface area contributed by atoms with Crippen molar-refractivity contribution in [2.45, 2.75) is 0 Å². The maximum Gasteiger partial charge on any atom is 0.386 e. The van der Waals surface area contributed by atoms with Crippen LogP contribution in [0.5, 0.6) is 0 Å². The molecule has 0 aliphatic carbocycles. The molecule has 2 radical (unpaired) electrons. The Morgan fingerprint density at radius 2 is 1.73 bits per heavy atom. The number of carbonyl (C=O) groups excluding carboxylic acids is 2. The summed E-state index contributed by atoms with van der Waals surface area (Å²) in [7, 11) is 0. The zero-order chi connectivity index (χ0) is 8.27. The predicted molar refractivity (Wildman–Crippen MR) is 36.3 cm³/mol. The first-order valence-corrected chi connectivity index (χ1v) is 2.93. The summed E-state index contributed by atoms with van der Waals surface area (Å²) in [6, 6.07) is 5.35. The van der Waals surface area contributed by atoms with Crippen molar-refractivity contribution in [3.05, 3.63) is 35.4 Å². The summed E-state index contributed by atoms with van der Waals surface area (Å²) in [5.74, 6) is -1.25. The lowest BCUT2D eigenvalue weighted by molar-refractivity contribution is 0.0573. The fourth-order valence-electron chi connectivity index (χ4n) is 0.674. The van der Waals surface area contributed by atoms with Crippen molar-refractivity contribution in [2.24, 2.45) is 0 Å². The van der Waals surface area contributed by atoms with Crippen molar-refractivity contribution < 1.29 is 14.7 Å². The minimum absolute atomic E-state index is 0.0593. The Bertz CT molecular complexity index is 274. The molecule has 0 spiro atoms. The molecule has 1 rings (SSSR count). The van der Waals surface area contributed by atoms with Gasteiger partial charge in [-0.15, -0.1) is 0 Å². The maximum atomic E-state index is 10.2. The molecule has 0 N–H and O–H groups in total. The van der Waals surface area contributed by atoms with Gasteiger partial charge in [-0.3, -0.25) is 4.79 Å². The average Bonchev–Trinajstić information content (AvgIpc) is 2.05. The Balaban J connectivity index is 3.00. The predicted octanol–water partition coefficient (Wildman–Crippen LogP) is 0.715. The molecule has 0 aromatic heterocycles. The summed E-state index contributed by atoms with van der Waals surface area (Å²) in [5, 5.41) is 10.2. The molecule has 0 unspecified atom stereocenters. The Labute approximate surface area is 63.3 Å². The fraction of sp³-hybridized carbons (Fsp3) is 0. The SMILES string of the molecule is [O]C(=O)c1ccc([C]=O)cc1. The summed E-state index contributed by atoms with van der Waals surface area (Å²) in [6.07, 6.45) is 1.63. The molecular formula is C8H4O3. The highest BCUT2D eigenvalue weighted by molar-refractivity contribution is 5.88. The van der Waals surface area contributed by atoms with Gasteiger partial charge in [-0.1, -0.05) is 12.1 Å². The van der Waals surface area contributed by atoms with E-state index in [0.717, 1.165) is 0 Å². The van der Waals surface area contributed by atoms with E-state index >= 15 is 0 Å². The first-order valence-electron chi connectivity index (χ1n) is 2.93. The molecule has 11 heavy (non-hydrogen) atoms. The molecule has 0 aliphatic rings. The van der Waals surface area contributed by atoms with Gasteiger partial charge in [0.2, 0.25) is 6.29 Å². The normalized spacial score (nSPS) is 9.09. The van der Waals surface area contributed by atoms with Crippen molar-refractivity contribution >= 4 is 12.3 Å². The van der Waals surface area contributed by atoms with Gasteiger partial charge >= 0.3 is 5.97 Å². The third-order valence-electron chi connectivity index (χ3n) is 1.24. The molecule has 1 aromatic rings. The van der Waals surface area contributed by atoms with Gasteiger partial charge in [0.25, 0.3) is 0 Å². The summed E-state index contributed by atoms with van der Waals surface area (Å²) < 4.78 is 0. The Kier molecular flexibility index (Phi) is 2.01. The van der Waals surface area contributed by atoms with E-state index in [4.69, 9.17) is 0 Å². The largest absolute Gasteiger partial charge is 0.386 e. The van der Waals surface area contributed by atoms with Crippen molar-refractivity contribution in [1.82, 2.24) is 0 Å². The zero-order valence-electron chi connectivity index (χ0n) is 5.53. The highest BCUT2D eigenvalue weighted by Gasteiger charge is 2.02. The summed E-state index contributed by atoms with van der Waals surface area (Å²) in [5.41, 5.74) is 0.388. The highest BCUT2D eigenvalue weighted by atomic mass is 16.4. The molecule has 0 bridgehead atoms. The van der Waals surface area contributed by atoms with E-state index in [1.54, 1.807) is 6.29 Å². The number of hydrogen-bond acceptors (Lipinski definition) is 2. The van der Waals surface area contributed by atoms with Gasteiger partial charge in [0.15, 0.2) is 0 Å². The van der Waals surface area contributed by atoms with Gasteiger partial charge in [-0.05, 0) is 12.1 Å². The number of benzene rings is 1. The van der Waals surface area contributed by atoms with Crippen molar-refractivity contribution in [1.29, 1.82) is 0 Å². The average molecular weight is 148 g/mol. The third-order valence-corrected chi connectivity index (χ3v) is 1.24. The number of rotatable bonds is 2. The molecule has 54 valence electrons. The molecule has 0 fully saturated rings. The lowest BCUT2D eigenvalue weighted by Crippen LogP contribution is -1.93. The second-order valence-corrected chi connectivity index (χ2v) is 1.97. The van der Waals surface area contributed by atoms with Crippen LogP contribution in [0.15, 0.2) is 24.3 Å². The first-order chi connectivity index (χ1) is 5.24. The summed E-state index contributed by atoms with van der Waals surface area (Å²) in [4.78, 5) is 20.2. The van der Waals surface area contributed by atoms with Crippen molar-refractivity contribution in [2.75, 3.05) is 0 Å². The van der Waals surface area contributed by atoms with E-state index < -0.39 is 5.97 Å². The van der Waals surface area contributed by atoms with E-state index in [9.17, 15) is 14.7 Å². The topological polar surface area (TPSA) is 54.0 Å². The van der Waals surface area contributed by atoms with Crippen LogP contribution >= 0.6 is 0 Å². The lowest BCUT2D eigenvalue weighted by Gasteiger charge is -1.89. The van der Waals surface area contributed by atoms with Crippen LogP contribution in [0.3, 0.4) is 0 Å². The lowest BCUT2D eigenvalue weighted by atomic mass is 10.1. The van der Waals surface area contributed by atoms with Gasteiger partial charge in [0.05, 0.1) is 5.56 Å². The Morgan fingerprint density at radius 3 is 2.09 bits per heavy atom. The van der Waals surface area contributed by atoms with Crippen molar-refractivity contribution in [3.63, 3.8) is 0 Å². The van der Waals surface area contributed by atoms with Crippen LogP contribution in [-0.2, 0) is 9.90 Å². The van der Waals surface area contributed by atoms with E-state index in [1.807, 2.05) is 0 Å². The Hall–Kier alpha value is -1.64. The van der Waals surface area contributed by atoms with Gasteiger partial charge in [0, 0.05) is 5.56 Å². The van der Waals surface area contributed by atoms with Crippen LogP contribution in [0.25, 0.3) is 0 Å². The quantitative estimate of drug-likeness (QED) is 0.620. The molecule has 0 aliphatic heterocycles. The summed E-state index contributed by atoms with van der Waals surface area (Å²) in [6.45, 7) is 0. The van der Waals surface area contributed by atoms with Crippen LogP contribution in [0, 0.1) is 0 Å². The van der Waals surface area contributed by atoms with Crippen LogP contribution in [0.2, 0.25) is 0 Å².